The summed E-state index contributed by atoms with van der Waals surface area (Å²) in [5.41, 5.74) is 0.493. The molecule has 0 atom stereocenters. The monoisotopic (exact) mass is 338 g/mol. The van der Waals surface area contributed by atoms with Gasteiger partial charge in [0.15, 0.2) is 0 Å². The number of amides is 2. The maximum Gasteiger partial charge on any atom is 0.416 e. The third kappa shape index (κ3) is 5.49. The first-order chi connectivity index (χ1) is 11.3. The SMILES string of the molecule is O=C(NCCc1cccc(O)c1)NCc1cccc(C(F)(F)F)c1. The van der Waals surface area contributed by atoms with Gasteiger partial charge in [0.25, 0.3) is 0 Å². The van der Waals surface area contributed by atoms with Crippen LogP contribution in [0, 0.1) is 0 Å². The Labute approximate surface area is 137 Å². The number of carbonyl (C=O) groups is 1. The van der Waals surface area contributed by atoms with Crippen LogP contribution in [0.15, 0.2) is 48.5 Å². The van der Waals surface area contributed by atoms with Crippen LogP contribution >= 0.6 is 0 Å². The predicted octanol–water partition coefficient (Wildman–Crippen LogP) is 3.45. The number of nitrogens with one attached hydrogen (secondary N) is 2. The van der Waals surface area contributed by atoms with E-state index in [4.69, 9.17) is 0 Å². The minimum absolute atomic E-state index is 0.00186. The molecule has 4 nitrogen and oxygen atoms in total. The summed E-state index contributed by atoms with van der Waals surface area (Å²) in [6.45, 7) is 0.347. The highest BCUT2D eigenvalue weighted by Crippen LogP contribution is 2.29. The predicted molar refractivity (Wildman–Crippen MR) is 83.5 cm³/mol. The molecule has 3 N–H and O–H groups in total. The Morgan fingerprint density at radius 2 is 1.71 bits per heavy atom. The molecule has 0 bridgehead atoms. The molecular formula is C17H17F3N2O2. The van der Waals surface area contributed by atoms with Crippen molar-refractivity contribution < 1.29 is 23.1 Å². The van der Waals surface area contributed by atoms with E-state index in [0.29, 0.717) is 18.5 Å². The van der Waals surface area contributed by atoms with E-state index in [1.165, 1.54) is 12.1 Å². The second-order valence-corrected chi connectivity index (χ2v) is 5.23. The molecule has 2 rings (SSSR count). The molecule has 0 unspecified atom stereocenters. The standard InChI is InChI=1S/C17H17F3N2O2/c18-17(19,20)14-5-1-4-13(9-14)11-22-16(24)21-8-7-12-3-2-6-15(23)10-12/h1-6,9-10,23H,7-8,11H2,(H2,21,22,24). The van der Waals surface area contributed by atoms with Crippen molar-refractivity contribution >= 4 is 6.03 Å². The summed E-state index contributed by atoms with van der Waals surface area (Å²) in [4.78, 5) is 11.7. The van der Waals surface area contributed by atoms with E-state index in [9.17, 15) is 23.1 Å². The smallest absolute Gasteiger partial charge is 0.416 e. The number of hydrogen-bond acceptors (Lipinski definition) is 2. The summed E-state index contributed by atoms with van der Waals surface area (Å²) in [5, 5.41) is 14.5. The largest absolute Gasteiger partial charge is 0.508 e. The quantitative estimate of drug-likeness (QED) is 0.782. The Bertz CT molecular complexity index is 702. The lowest BCUT2D eigenvalue weighted by Crippen LogP contribution is -2.36. The van der Waals surface area contributed by atoms with Gasteiger partial charge in [0.05, 0.1) is 5.56 Å². The molecule has 0 radical (unpaired) electrons. The van der Waals surface area contributed by atoms with E-state index in [2.05, 4.69) is 10.6 Å². The zero-order valence-electron chi connectivity index (χ0n) is 12.7. The molecule has 0 heterocycles. The van der Waals surface area contributed by atoms with Crippen molar-refractivity contribution in [2.24, 2.45) is 0 Å². The molecule has 2 aromatic rings. The van der Waals surface area contributed by atoms with Crippen LogP contribution in [0.1, 0.15) is 16.7 Å². The number of halogens is 3. The molecule has 0 saturated heterocycles. The first-order valence-corrected chi connectivity index (χ1v) is 7.30. The van der Waals surface area contributed by atoms with E-state index in [1.807, 2.05) is 6.07 Å². The van der Waals surface area contributed by atoms with Crippen LogP contribution in [0.25, 0.3) is 0 Å². The van der Waals surface area contributed by atoms with E-state index < -0.39 is 17.8 Å². The van der Waals surface area contributed by atoms with Crippen molar-refractivity contribution in [3.8, 4) is 5.75 Å². The summed E-state index contributed by atoms with van der Waals surface area (Å²) in [6, 6.07) is 11.0. The minimum Gasteiger partial charge on any atom is -0.508 e. The normalized spacial score (nSPS) is 11.1. The van der Waals surface area contributed by atoms with Gasteiger partial charge in [0.1, 0.15) is 5.75 Å². The molecule has 0 saturated carbocycles. The summed E-state index contributed by atoms with van der Waals surface area (Å²) in [6.07, 6.45) is -3.87. The number of rotatable bonds is 5. The van der Waals surface area contributed by atoms with Gasteiger partial charge < -0.3 is 15.7 Å². The molecule has 0 aliphatic heterocycles. The summed E-state index contributed by atoms with van der Waals surface area (Å²) >= 11 is 0. The molecule has 0 aliphatic rings. The van der Waals surface area contributed by atoms with Gasteiger partial charge in [0.2, 0.25) is 0 Å². The van der Waals surface area contributed by atoms with Crippen molar-refractivity contribution in [3.05, 3.63) is 65.2 Å². The fourth-order valence-corrected chi connectivity index (χ4v) is 2.13. The zero-order chi connectivity index (χ0) is 17.6. The van der Waals surface area contributed by atoms with Crippen molar-refractivity contribution in [2.75, 3.05) is 6.54 Å². The fraction of sp³-hybridized carbons (Fsp3) is 0.235. The number of alkyl halides is 3. The van der Waals surface area contributed by atoms with Crippen LogP contribution in [-0.4, -0.2) is 17.7 Å². The van der Waals surface area contributed by atoms with E-state index in [0.717, 1.165) is 17.7 Å². The molecule has 7 heteroatoms. The number of benzene rings is 2. The maximum absolute atomic E-state index is 12.6. The van der Waals surface area contributed by atoms with Gasteiger partial charge in [0, 0.05) is 13.1 Å². The number of carbonyl (C=O) groups excluding carboxylic acids is 1. The number of urea groups is 1. The molecule has 0 fully saturated rings. The van der Waals surface area contributed by atoms with Gasteiger partial charge in [-0.2, -0.15) is 13.2 Å². The highest BCUT2D eigenvalue weighted by atomic mass is 19.4. The zero-order valence-corrected chi connectivity index (χ0v) is 12.7. The Kier molecular flexibility index (Phi) is 5.68. The van der Waals surface area contributed by atoms with Gasteiger partial charge in [-0.1, -0.05) is 24.3 Å². The number of phenolic OH excluding ortho intramolecular Hbond substituents is 1. The number of hydrogen-bond donors (Lipinski definition) is 3. The fourth-order valence-electron chi connectivity index (χ4n) is 2.13. The molecule has 0 aromatic heterocycles. The highest BCUT2D eigenvalue weighted by Gasteiger charge is 2.30. The maximum atomic E-state index is 12.6. The van der Waals surface area contributed by atoms with Crippen LogP contribution in [0.2, 0.25) is 0 Å². The van der Waals surface area contributed by atoms with Crippen molar-refractivity contribution in [1.29, 1.82) is 0 Å². The Morgan fingerprint density at radius 1 is 1.00 bits per heavy atom. The van der Waals surface area contributed by atoms with Gasteiger partial charge >= 0.3 is 12.2 Å². The van der Waals surface area contributed by atoms with Gasteiger partial charge in [-0.05, 0) is 41.8 Å². The summed E-state index contributed by atoms with van der Waals surface area (Å²) < 4.78 is 37.8. The second-order valence-electron chi connectivity index (χ2n) is 5.23. The number of aromatic hydroxyl groups is 1. The molecule has 0 spiro atoms. The van der Waals surface area contributed by atoms with Crippen molar-refractivity contribution in [3.63, 3.8) is 0 Å². The molecule has 2 amide bonds. The number of phenols is 1. The van der Waals surface area contributed by atoms with Crippen molar-refractivity contribution in [1.82, 2.24) is 10.6 Å². The molecule has 2 aromatic carbocycles. The van der Waals surface area contributed by atoms with Crippen LogP contribution in [0.4, 0.5) is 18.0 Å². The first kappa shape index (κ1) is 17.7. The van der Waals surface area contributed by atoms with Gasteiger partial charge in [-0.15, -0.1) is 0 Å². The van der Waals surface area contributed by atoms with Gasteiger partial charge in [-0.3, -0.25) is 0 Å². The van der Waals surface area contributed by atoms with E-state index in [1.54, 1.807) is 18.2 Å². The van der Waals surface area contributed by atoms with E-state index >= 15 is 0 Å². The average Bonchev–Trinajstić information content (AvgIpc) is 2.52. The lowest BCUT2D eigenvalue weighted by atomic mass is 10.1. The minimum atomic E-state index is -4.40. The Hall–Kier alpha value is -2.70. The highest BCUT2D eigenvalue weighted by molar-refractivity contribution is 5.73. The molecule has 128 valence electrons. The molecule has 24 heavy (non-hydrogen) atoms. The lowest BCUT2D eigenvalue weighted by Gasteiger charge is -2.10. The molecular weight excluding hydrogens is 321 g/mol. The van der Waals surface area contributed by atoms with Crippen LogP contribution in [0.5, 0.6) is 5.75 Å². The van der Waals surface area contributed by atoms with Crippen LogP contribution in [-0.2, 0) is 19.1 Å². The molecule has 0 aliphatic carbocycles. The Morgan fingerprint density at radius 3 is 2.42 bits per heavy atom. The summed E-state index contributed by atoms with van der Waals surface area (Å²) in [5.74, 6) is 0.154. The Balaban J connectivity index is 1.77. The third-order valence-corrected chi connectivity index (χ3v) is 3.32. The van der Waals surface area contributed by atoms with E-state index in [-0.39, 0.29) is 12.3 Å². The first-order valence-electron chi connectivity index (χ1n) is 7.30. The second kappa shape index (κ2) is 7.72. The lowest BCUT2D eigenvalue weighted by molar-refractivity contribution is -0.137. The van der Waals surface area contributed by atoms with Crippen molar-refractivity contribution in [2.45, 2.75) is 19.1 Å². The van der Waals surface area contributed by atoms with Crippen LogP contribution in [0.3, 0.4) is 0 Å². The van der Waals surface area contributed by atoms with Crippen LogP contribution < -0.4 is 10.6 Å². The topological polar surface area (TPSA) is 61.4 Å². The summed E-state index contributed by atoms with van der Waals surface area (Å²) in [7, 11) is 0. The average molecular weight is 338 g/mol. The van der Waals surface area contributed by atoms with Gasteiger partial charge in [-0.25, -0.2) is 4.79 Å². The third-order valence-electron chi connectivity index (χ3n) is 3.32.